The van der Waals surface area contributed by atoms with Crippen molar-refractivity contribution in [3.05, 3.63) is 59.1 Å². The van der Waals surface area contributed by atoms with E-state index in [0.29, 0.717) is 0 Å². The number of carbonyl (C=O) groups excluding carboxylic acids is 2. The molecule has 0 saturated carbocycles. The number of halogens is 2. The van der Waals surface area contributed by atoms with E-state index in [0.717, 1.165) is 21.3 Å². The lowest BCUT2D eigenvalue weighted by atomic mass is 10.2. The van der Waals surface area contributed by atoms with E-state index in [2.05, 4.69) is 15.0 Å². The fourth-order valence-corrected chi connectivity index (χ4v) is 3.14. The van der Waals surface area contributed by atoms with Crippen molar-refractivity contribution in [2.45, 2.75) is 13.2 Å². The highest BCUT2D eigenvalue weighted by atomic mass is 32.1. The zero-order valence-electron chi connectivity index (χ0n) is 13.9. The Kier molecular flexibility index (Phi) is 5.92. The molecule has 3 rings (SSSR count). The zero-order chi connectivity index (χ0) is 19.2. The van der Waals surface area contributed by atoms with Crippen LogP contribution in [0.3, 0.4) is 0 Å². The van der Waals surface area contributed by atoms with Gasteiger partial charge in [0.2, 0.25) is 0 Å². The number of benzene rings is 2. The maximum Gasteiger partial charge on any atom is 0.387 e. The maximum atomic E-state index is 12.2. The van der Waals surface area contributed by atoms with Crippen molar-refractivity contribution in [3.63, 3.8) is 0 Å². The van der Waals surface area contributed by atoms with E-state index < -0.39 is 25.1 Å². The van der Waals surface area contributed by atoms with Gasteiger partial charge in [-0.25, -0.2) is 9.78 Å². The molecular formula is C18H14F2N2O4S. The normalized spacial score (nSPS) is 10.8. The molecule has 2 aromatic carbocycles. The Morgan fingerprint density at radius 2 is 1.96 bits per heavy atom. The summed E-state index contributed by atoms with van der Waals surface area (Å²) in [5.41, 5.74) is 0.858. The molecule has 0 bridgehead atoms. The molecule has 0 atom stereocenters. The van der Waals surface area contributed by atoms with Gasteiger partial charge in [-0.05, 0) is 30.3 Å². The predicted molar refractivity (Wildman–Crippen MR) is 94.8 cm³/mol. The number of nitrogens with zero attached hydrogens (tertiary/aromatic N) is 1. The third-order valence-electron chi connectivity index (χ3n) is 3.40. The van der Waals surface area contributed by atoms with Gasteiger partial charge in [0.25, 0.3) is 5.91 Å². The second kappa shape index (κ2) is 8.54. The number of amides is 1. The molecule has 27 heavy (non-hydrogen) atoms. The summed E-state index contributed by atoms with van der Waals surface area (Å²) in [7, 11) is 0. The molecule has 9 heteroatoms. The first kappa shape index (κ1) is 18.7. The number of carbonyl (C=O) groups is 2. The highest BCUT2D eigenvalue weighted by molar-refractivity contribution is 7.18. The van der Waals surface area contributed by atoms with Crippen LogP contribution in [0, 0.1) is 0 Å². The van der Waals surface area contributed by atoms with Crippen molar-refractivity contribution >= 4 is 33.4 Å². The molecule has 1 aromatic heterocycles. The molecule has 0 fully saturated rings. The Labute approximate surface area is 156 Å². The third kappa shape index (κ3) is 5.20. The zero-order valence-corrected chi connectivity index (χ0v) is 14.7. The van der Waals surface area contributed by atoms with Crippen molar-refractivity contribution in [2.75, 3.05) is 6.61 Å². The van der Waals surface area contributed by atoms with Gasteiger partial charge in [-0.2, -0.15) is 8.78 Å². The number of thiazole rings is 1. The molecule has 0 spiro atoms. The van der Waals surface area contributed by atoms with Gasteiger partial charge in [-0.1, -0.05) is 18.2 Å². The van der Waals surface area contributed by atoms with Crippen LogP contribution in [0.25, 0.3) is 10.2 Å². The van der Waals surface area contributed by atoms with Gasteiger partial charge >= 0.3 is 12.6 Å². The minimum atomic E-state index is -3.00. The monoisotopic (exact) mass is 392 g/mol. The summed E-state index contributed by atoms with van der Waals surface area (Å²) >= 11 is 1.46. The van der Waals surface area contributed by atoms with E-state index in [1.165, 1.54) is 29.5 Å². The highest BCUT2D eigenvalue weighted by Gasteiger charge is 2.13. The van der Waals surface area contributed by atoms with Crippen LogP contribution in [0.2, 0.25) is 0 Å². The van der Waals surface area contributed by atoms with Crippen molar-refractivity contribution in [1.82, 2.24) is 10.3 Å². The number of para-hydroxylation sites is 1. The molecular weight excluding hydrogens is 378 g/mol. The van der Waals surface area contributed by atoms with E-state index in [4.69, 9.17) is 4.74 Å². The molecule has 0 aliphatic heterocycles. The van der Waals surface area contributed by atoms with Gasteiger partial charge < -0.3 is 14.8 Å². The molecule has 0 unspecified atom stereocenters. The number of esters is 1. The van der Waals surface area contributed by atoms with E-state index in [1.54, 1.807) is 0 Å². The number of alkyl halides is 2. The molecule has 0 aliphatic carbocycles. The average molecular weight is 392 g/mol. The first-order chi connectivity index (χ1) is 13.0. The summed E-state index contributed by atoms with van der Waals surface area (Å²) < 4.78 is 34.5. The van der Waals surface area contributed by atoms with Gasteiger partial charge in [0.15, 0.2) is 6.61 Å². The van der Waals surface area contributed by atoms with E-state index in [9.17, 15) is 18.4 Å². The SMILES string of the molecule is O=C(COC(=O)c1cccc(OC(F)F)c1)NCc1nc2ccccc2s1. The Balaban J connectivity index is 1.49. The molecule has 1 amide bonds. The van der Waals surface area contributed by atoms with Crippen LogP contribution in [-0.4, -0.2) is 30.1 Å². The van der Waals surface area contributed by atoms with Gasteiger partial charge in [-0.15, -0.1) is 11.3 Å². The van der Waals surface area contributed by atoms with Gasteiger partial charge in [0, 0.05) is 0 Å². The smallest absolute Gasteiger partial charge is 0.387 e. The van der Waals surface area contributed by atoms with Gasteiger partial charge in [-0.3, -0.25) is 4.79 Å². The second-order valence-electron chi connectivity index (χ2n) is 5.33. The van der Waals surface area contributed by atoms with Crippen LogP contribution < -0.4 is 10.1 Å². The van der Waals surface area contributed by atoms with Crippen LogP contribution in [-0.2, 0) is 16.1 Å². The summed E-state index contributed by atoms with van der Waals surface area (Å²) in [4.78, 5) is 28.1. The van der Waals surface area contributed by atoms with Crippen LogP contribution in [0.4, 0.5) is 8.78 Å². The Bertz CT molecular complexity index is 928. The molecule has 3 aromatic rings. The standard InChI is InChI=1S/C18H14F2N2O4S/c19-18(20)26-12-5-3-4-11(8-12)17(24)25-10-15(23)21-9-16-22-13-6-1-2-7-14(13)27-16/h1-8,18H,9-10H2,(H,21,23). The summed E-state index contributed by atoms with van der Waals surface area (Å²) in [6, 6.07) is 12.8. The fourth-order valence-electron chi connectivity index (χ4n) is 2.23. The summed E-state index contributed by atoms with van der Waals surface area (Å²) in [5, 5.41) is 3.34. The molecule has 0 radical (unpaired) electrons. The number of rotatable bonds is 7. The third-order valence-corrected chi connectivity index (χ3v) is 4.44. The van der Waals surface area contributed by atoms with Crippen molar-refractivity contribution < 1.29 is 27.8 Å². The molecule has 0 saturated heterocycles. The summed E-state index contributed by atoms with van der Waals surface area (Å²) in [5.74, 6) is -1.48. The number of fused-ring (bicyclic) bond motifs is 1. The van der Waals surface area contributed by atoms with Crippen molar-refractivity contribution in [1.29, 1.82) is 0 Å². The minimum absolute atomic E-state index is 0.00660. The van der Waals surface area contributed by atoms with Gasteiger partial charge in [0.05, 0.1) is 22.3 Å². The summed E-state index contributed by atoms with van der Waals surface area (Å²) in [6.45, 7) is -3.28. The topological polar surface area (TPSA) is 77.5 Å². The quantitative estimate of drug-likeness (QED) is 0.624. The number of aromatic nitrogens is 1. The van der Waals surface area contributed by atoms with Crippen molar-refractivity contribution in [2.24, 2.45) is 0 Å². The Morgan fingerprint density at radius 3 is 2.74 bits per heavy atom. The first-order valence-corrected chi connectivity index (χ1v) is 8.66. The summed E-state index contributed by atoms with van der Waals surface area (Å²) in [6.07, 6.45) is 0. The van der Waals surface area contributed by atoms with E-state index in [1.807, 2.05) is 24.3 Å². The molecule has 0 aliphatic rings. The minimum Gasteiger partial charge on any atom is -0.452 e. The van der Waals surface area contributed by atoms with Crippen molar-refractivity contribution in [3.8, 4) is 5.75 Å². The number of hydrogen-bond donors (Lipinski definition) is 1. The fraction of sp³-hybridized carbons (Fsp3) is 0.167. The van der Waals surface area contributed by atoms with E-state index >= 15 is 0 Å². The van der Waals surface area contributed by atoms with Crippen LogP contribution in [0.1, 0.15) is 15.4 Å². The highest BCUT2D eigenvalue weighted by Crippen LogP contribution is 2.21. The number of nitrogens with one attached hydrogen (secondary N) is 1. The lowest BCUT2D eigenvalue weighted by molar-refractivity contribution is -0.124. The molecule has 140 valence electrons. The second-order valence-corrected chi connectivity index (χ2v) is 6.45. The maximum absolute atomic E-state index is 12.2. The Morgan fingerprint density at radius 1 is 1.15 bits per heavy atom. The Hall–Kier alpha value is -3.07. The number of ether oxygens (including phenoxy) is 2. The van der Waals surface area contributed by atoms with Crippen LogP contribution in [0.5, 0.6) is 5.75 Å². The molecule has 6 nitrogen and oxygen atoms in total. The van der Waals surface area contributed by atoms with Gasteiger partial charge in [0.1, 0.15) is 10.8 Å². The van der Waals surface area contributed by atoms with Crippen LogP contribution in [0.15, 0.2) is 48.5 Å². The largest absolute Gasteiger partial charge is 0.452 e. The average Bonchev–Trinajstić information content (AvgIpc) is 3.07. The first-order valence-electron chi connectivity index (χ1n) is 7.84. The molecule has 1 N–H and O–H groups in total. The van der Waals surface area contributed by atoms with Crippen LogP contribution >= 0.6 is 11.3 Å². The lowest BCUT2D eigenvalue weighted by Crippen LogP contribution is -2.28. The van der Waals surface area contributed by atoms with E-state index in [-0.39, 0.29) is 17.9 Å². The predicted octanol–water partition coefficient (Wildman–Crippen LogP) is 3.37. The lowest BCUT2D eigenvalue weighted by Gasteiger charge is -2.07. The number of hydrogen-bond acceptors (Lipinski definition) is 6. The molecule has 1 heterocycles.